The summed E-state index contributed by atoms with van der Waals surface area (Å²) in [4.78, 5) is 15.4. The van der Waals surface area contributed by atoms with Crippen molar-refractivity contribution in [2.75, 3.05) is 18.9 Å². The molecule has 164 valence electrons. The summed E-state index contributed by atoms with van der Waals surface area (Å²) in [5, 5.41) is 21.4. The number of pyridine rings is 1. The largest absolute Gasteiger partial charge is 0.392 e. The van der Waals surface area contributed by atoms with Gasteiger partial charge in [0, 0.05) is 28.9 Å². The first-order valence-electron chi connectivity index (χ1n) is 9.46. The van der Waals surface area contributed by atoms with E-state index < -0.39 is 5.82 Å². The average molecular weight is 446 g/mol. The molecule has 0 saturated heterocycles. The number of allylic oxidation sites excluding steroid dienone is 1. The fourth-order valence-electron chi connectivity index (χ4n) is 2.65. The molecule has 2 aromatic heterocycles. The SMILES string of the molecule is C=C(C)c1cnc(-c2cc(Cl)ccc2F)cc1Nc1[nH]ncc1C=O.CNCC(C)O. The molecular formula is C22H25ClFN5O2. The Morgan fingerprint density at radius 1 is 1.39 bits per heavy atom. The lowest BCUT2D eigenvalue weighted by Gasteiger charge is -2.13. The van der Waals surface area contributed by atoms with Crippen molar-refractivity contribution in [2.45, 2.75) is 20.0 Å². The molecule has 0 saturated carbocycles. The third-order valence-corrected chi connectivity index (χ3v) is 4.36. The highest BCUT2D eigenvalue weighted by molar-refractivity contribution is 6.30. The number of nitrogens with zero attached hydrogens (tertiary/aromatic N) is 2. The number of H-pyrrole nitrogens is 1. The predicted octanol–water partition coefficient (Wildman–Crippen LogP) is 4.44. The van der Waals surface area contributed by atoms with Gasteiger partial charge in [-0.25, -0.2) is 4.39 Å². The number of aromatic amines is 1. The van der Waals surface area contributed by atoms with Gasteiger partial charge in [0.15, 0.2) is 6.29 Å². The minimum atomic E-state index is -0.430. The van der Waals surface area contributed by atoms with Gasteiger partial charge >= 0.3 is 0 Å². The van der Waals surface area contributed by atoms with E-state index in [-0.39, 0.29) is 11.7 Å². The van der Waals surface area contributed by atoms with Crippen LogP contribution >= 0.6 is 11.6 Å². The lowest BCUT2D eigenvalue weighted by Crippen LogP contribution is -2.19. The van der Waals surface area contributed by atoms with E-state index in [0.717, 1.165) is 11.1 Å². The number of rotatable bonds is 7. The minimum absolute atomic E-state index is 0.213. The number of halogens is 2. The summed E-state index contributed by atoms with van der Waals surface area (Å²) < 4.78 is 14.1. The number of nitrogens with one attached hydrogen (secondary N) is 3. The molecule has 1 unspecified atom stereocenters. The summed E-state index contributed by atoms with van der Waals surface area (Å²) >= 11 is 5.97. The number of aldehydes is 1. The normalized spacial score (nSPS) is 11.3. The third-order valence-electron chi connectivity index (χ3n) is 4.12. The molecule has 3 rings (SSSR count). The van der Waals surface area contributed by atoms with Gasteiger partial charge in [-0.3, -0.25) is 14.9 Å². The van der Waals surface area contributed by atoms with E-state index in [1.165, 1.54) is 24.4 Å². The molecule has 0 bridgehead atoms. The Morgan fingerprint density at radius 3 is 2.71 bits per heavy atom. The van der Waals surface area contributed by atoms with Gasteiger partial charge in [-0.05, 0) is 50.7 Å². The minimum Gasteiger partial charge on any atom is -0.392 e. The Morgan fingerprint density at radius 2 is 2.13 bits per heavy atom. The van der Waals surface area contributed by atoms with Crippen molar-refractivity contribution < 1.29 is 14.3 Å². The zero-order chi connectivity index (χ0) is 23.0. The highest BCUT2D eigenvalue weighted by atomic mass is 35.5. The van der Waals surface area contributed by atoms with Crippen LogP contribution in [0.2, 0.25) is 5.02 Å². The first-order valence-corrected chi connectivity index (χ1v) is 9.84. The van der Waals surface area contributed by atoms with Crippen LogP contribution in [0.5, 0.6) is 0 Å². The first kappa shape index (κ1) is 24.2. The molecule has 0 spiro atoms. The fraction of sp³-hybridized carbons (Fsp3) is 0.227. The summed E-state index contributed by atoms with van der Waals surface area (Å²) in [5.41, 5.74) is 3.17. The second kappa shape index (κ2) is 11.4. The van der Waals surface area contributed by atoms with Crippen molar-refractivity contribution in [3.63, 3.8) is 0 Å². The van der Waals surface area contributed by atoms with Crippen LogP contribution in [0.3, 0.4) is 0 Å². The Labute approximate surface area is 185 Å². The lowest BCUT2D eigenvalue weighted by molar-refractivity contribution is 0.112. The summed E-state index contributed by atoms with van der Waals surface area (Å²) in [7, 11) is 1.81. The van der Waals surface area contributed by atoms with E-state index >= 15 is 0 Å². The van der Waals surface area contributed by atoms with Crippen molar-refractivity contribution in [1.82, 2.24) is 20.5 Å². The van der Waals surface area contributed by atoms with Crippen LogP contribution in [0.4, 0.5) is 15.9 Å². The second-order valence-electron chi connectivity index (χ2n) is 6.87. The van der Waals surface area contributed by atoms with Crippen molar-refractivity contribution in [1.29, 1.82) is 0 Å². The summed E-state index contributed by atoms with van der Waals surface area (Å²) in [6.07, 6.45) is 3.48. The van der Waals surface area contributed by atoms with Crippen LogP contribution in [0, 0.1) is 5.82 Å². The van der Waals surface area contributed by atoms with Gasteiger partial charge < -0.3 is 15.7 Å². The number of aromatic nitrogens is 3. The van der Waals surface area contributed by atoms with E-state index in [1.54, 1.807) is 19.2 Å². The molecule has 0 fully saturated rings. The number of carbonyl (C=O) groups is 1. The van der Waals surface area contributed by atoms with Crippen molar-refractivity contribution >= 4 is 35.0 Å². The number of hydrogen-bond donors (Lipinski definition) is 4. The molecule has 0 aliphatic heterocycles. The van der Waals surface area contributed by atoms with Crippen LogP contribution in [0.25, 0.3) is 16.8 Å². The molecular weight excluding hydrogens is 421 g/mol. The van der Waals surface area contributed by atoms with Crippen LogP contribution in [-0.4, -0.2) is 46.3 Å². The van der Waals surface area contributed by atoms with Crippen LogP contribution in [0.15, 0.2) is 43.2 Å². The van der Waals surface area contributed by atoms with Crippen molar-refractivity contribution in [3.8, 4) is 11.3 Å². The predicted molar refractivity (Wildman–Crippen MR) is 122 cm³/mol. The van der Waals surface area contributed by atoms with Crippen LogP contribution < -0.4 is 10.6 Å². The maximum atomic E-state index is 14.1. The molecule has 0 amide bonds. The average Bonchev–Trinajstić information content (AvgIpc) is 3.17. The second-order valence-corrected chi connectivity index (χ2v) is 7.31. The van der Waals surface area contributed by atoms with E-state index in [4.69, 9.17) is 16.7 Å². The highest BCUT2D eigenvalue weighted by Gasteiger charge is 2.13. The molecule has 1 atom stereocenters. The number of aliphatic hydroxyl groups excluding tert-OH is 1. The molecule has 9 heteroatoms. The highest BCUT2D eigenvalue weighted by Crippen LogP contribution is 2.31. The summed E-state index contributed by atoms with van der Waals surface area (Å²) in [5.74, 6) is 0.00209. The molecule has 2 heterocycles. The molecule has 7 nitrogen and oxygen atoms in total. The van der Waals surface area contributed by atoms with Gasteiger partial charge in [0.05, 0.1) is 29.2 Å². The first-order chi connectivity index (χ1) is 14.8. The number of anilines is 2. The zero-order valence-corrected chi connectivity index (χ0v) is 18.3. The Hall–Kier alpha value is -3.07. The van der Waals surface area contributed by atoms with Gasteiger partial charge in [-0.1, -0.05) is 18.2 Å². The molecule has 0 aliphatic carbocycles. The van der Waals surface area contributed by atoms with Gasteiger partial charge in [-0.15, -0.1) is 0 Å². The standard InChI is InChI=1S/C18H14ClFN4O.C4H11NO/c1-10(2)14-8-21-16(13-5-12(19)3-4-15(13)20)6-17(14)23-18-11(9-25)7-22-24-18;1-4(6)3-5-2/h3-9H,1H2,2H3,(H2,21,22,23,24);4-6H,3H2,1-2H3. The Kier molecular flexibility index (Phi) is 8.87. The quantitative estimate of drug-likeness (QED) is 0.401. The summed E-state index contributed by atoms with van der Waals surface area (Å²) in [6.45, 7) is 8.18. The maximum absolute atomic E-state index is 14.1. The maximum Gasteiger partial charge on any atom is 0.155 e. The van der Waals surface area contributed by atoms with Crippen molar-refractivity contribution in [2.24, 2.45) is 0 Å². The number of carbonyl (C=O) groups excluding carboxylic acids is 1. The van der Waals surface area contributed by atoms with Gasteiger partial charge in [0.1, 0.15) is 11.6 Å². The van der Waals surface area contributed by atoms with Crippen LogP contribution in [0.1, 0.15) is 29.8 Å². The Bertz CT molecular complexity index is 1050. The Balaban J connectivity index is 0.000000501. The zero-order valence-electron chi connectivity index (χ0n) is 17.5. The number of benzene rings is 1. The molecule has 3 aromatic rings. The molecule has 4 N–H and O–H groups in total. The molecule has 0 aliphatic rings. The monoisotopic (exact) mass is 445 g/mol. The summed E-state index contributed by atoms with van der Waals surface area (Å²) in [6, 6.07) is 5.95. The third kappa shape index (κ3) is 6.71. The molecule has 1 aromatic carbocycles. The number of hydrogen-bond acceptors (Lipinski definition) is 6. The number of likely N-dealkylation sites (N-methyl/N-ethyl adjacent to an activating group) is 1. The molecule has 0 radical (unpaired) electrons. The van der Waals surface area contributed by atoms with Crippen LogP contribution in [-0.2, 0) is 0 Å². The van der Waals surface area contributed by atoms with E-state index in [1.807, 2.05) is 14.0 Å². The van der Waals surface area contributed by atoms with Gasteiger partial charge in [-0.2, -0.15) is 5.10 Å². The van der Waals surface area contributed by atoms with E-state index in [0.29, 0.717) is 40.6 Å². The number of aliphatic hydroxyl groups is 1. The molecule has 31 heavy (non-hydrogen) atoms. The van der Waals surface area contributed by atoms with Gasteiger partial charge in [0.25, 0.3) is 0 Å². The van der Waals surface area contributed by atoms with E-state index in [9.17, 15) is 9.18 Å². The topological polar surface area (TPSA) is 103 Å². The van der Waals surface area contributed by atoms with Gasteiger partial charge in [0.2, 0.25) is 0 Å². The lowest BCUT2D eigenvalue weighted by atomic mass is 10.0. The smallest absolute Gasteiger partial charge is 0.155 e. The van der Waals surface area contributed by atoms with Crippen molar-refractivity contribution in [3.05, 3.63) is 65.2 Å². The fourth-order valence-corrected chi connectivity index (χ4v) is 2.83. The van der Waals surface area contributed by atoms with E-state index in [2.05, 4.69) is 32.4 Å².